The van der Waals surface area contributed by atoms with Crippen LogP contribution in [0.15, 0.2) is 24.3 Å². The second kappa shape index (κ2) is 10.5. The summed E-state index contributed by atoms with van der Waals surface area (Å²) in [5.74, 6) is -2.83. The number of hydrogen-bond donors (Lipinski definition) is 1. The molecule has 9 nitrogen and oxygen atoms in total. The Morgan fingerprint density at radius 2 is 1.81 bits per heavy atom. The molecule has 0 bridgehead atoms. The summed E-state index contributed by atoms with van der Waals surface area (Å²) in [6.07, 6.45) is 0.458. The highest BCUT2D eigenvalue weighted by Gasteiger charge is 2.48. The molecule has 1 aliphatic heterocycles. The number of urea groups is 1. The molecule has 1 fully saturated rings. The zero-order valence-electron chi connectivity index (χ0n) is 18.4. The van der Waals surface area contributed by atoms with E-state index in [9.17, 15) is 27.9 Å². The average molecular weight is 489 g/mol. The Kier molecular flexibility index (Phi) is 8.53. The molecule has 32 heavy (non-hydrogen) atoms. The van der Waals surface area contributed by atoms with Gasteiger partial charge in [0.15, 0.2) is 9.84 Å². The summed E-state index contributed by atoms with van der Waals surface area (Å²) < 4.78 is 30.2. The molecule has 1 atom stereocenters. The van der Waals surface area contributed by atoms with Gasteiger partial charge in [-0.3, -0.25) is 14.5 Å². The van der Waals surface area contributed by atoms with Crippen LogP contribution in [0.3, 0.4) is 0 Å². The van der Waals surface area contributed by atoms with E-state index in [1.165, 1.54) is 11.9 Å². The molecule has 1 heterocycles. The molecular formula is C21H29ClN2O7S. The van der Waals surface area contributed by atoms with Crippen molar-refractivity contribution in [3.63, 3.8) is 0 Å². The topological polar surface area (TPSA) is 121 Å². The molecule has 0 saturated carbocycles. The number of benzene rings is 1. The first-order valence-corrected chi connectivity index (χ1v) is 12.5. The SMILES string of the molecule is CN1C(=O)N(CCCC(CS(=O)(=O)CCCOc2ccc(Cl)cc2)C(=O)O)C(=O)C1(C)C. The van der Waals surface area contributed by atoms with Gasteiger partial charge in [-0.2, -0.15) is 0 Å². The number of carbonyl (C=O) groups excluding carboxylic acids is 2. The molecular weight excluding hydrogens is 460 g/mol. The van der Waals surface area contributed by atoms with Crippen LogP contribution in [-0.4, -0.2) is 78.5 Å². The van der Waals surface area contributed by atoms with Gasteiger partial charge in [-0.25, -0.2) is 13.2 Å². The molecule has 0 spiro atoms. The monoisotopic (exact) mass is 488 g/mol. The minimum atomic E-state index is -3.62. The number of imide groups is 1. The highest BCUT2D eigenvalue weighted by Crippen LogP contribution is 2.26. The Labute approximate surface area is 193 Å². The van der Waals surface area contributed by atoms with Crippen molar-refractivity contribution in [2.45, 2.75) is 38.6 Å². The van der Waals surface area contributed by atoms with Gasteiger partial charge in [0.25, 0.3) is 5.91 Å². The lowest BCUT2D eigenvalue weighted by Crippen LogP contribution is -2.41. The van der Waals surface area contributed by atoms with Crippen LogP contribution >= 0.6 is 11.6 Å². The molecule has 2 rings (SSSR count). The molecule has 178 valence electrons. The summed E-state index contributed by atoms with van der Waals surface area (Å²) in [7, 11) is -2.09. The van der Waals surface area contributed by atoms with Crippen LogP contribution in [0.4, 0.5) is 4.79 Å². The Morgan fingerprint density at radius 3 is 2.34 bits per heavy atom. The molecule has 1 N–H and O–H groups in total. The lowest BCUT2D eigenvalue weighted by Gasteiger charge is -2.22. The quantitative estimate of drug-likeness (QED) is 0.354. The Balaban J connectivity index is 1.81. The van der Waals surface area contributed by atoms with Gasteiger partial charge in [-0.1, -0.05) is 11.6 Å². The van der Waals surface area contributed by atoms with E-state index in [1.807, 2.05) is 0 Å². The van der Waals surface area contributed by atoms with Crippen LogP contribution in [0, 0.1) is 5.92 Å². The molecule has 0 aromatic heterocycles. The first-order valence-electron chi connectivity index (χ1n) is 10.3. The number of amides is 3. The Morgan fingerprint density at radius 1 is 1.19 bits per heavy atom. The van der Waals surface area contributed by atoms with E-state index < -0.39 is 39.0 Å². The third kappa shape index (κ3) is 6.59. The lowest BCUT2D eigenvalue weighted by molar-refractivity contribution is -0.141. The number of carboxylic acid groups (broad SMARTS) is 1. The van der Waals surface area contributed by atoms with Crippen LogP contribution < -0.4 is 4.74 Å². The smallest absolute Gasteiger partial charge is 0.327 e. The fourth-order valence-electron chi connectivity index (χ4n) is 3.34. The van der Waals surface area contributed by atoms with Crippen LogP contribution in [-0.2, 0) is 19.4 Å². The number of hydrogen-bond acceptors (Lipinski definition) is 6. The van der Waals surface area contributed by atoms with Crippen LogP contribution in [0.2, 0.25) is 5.02 Å². The zero-order chi connectivity index (χ0) is 24.1. The van der Waals surface area contributed by atoms with Crippen molar-refractivity contribution in [1.82, 2.24) is 9.80 Å². The third-order valence-corrected chi connectivity index (χ3v) is 7.62. The number of sulfone groups is 1. The Hall–Kier alpha value is -2.33. The fourth-order valence-corrected chi connectivity index (χ4v) is 5.11. The number of aliphatic carboxylic acids is 1. The number of rotatable bonds is 12. The van der Waals surface area contributed by atoms with Crippen molar-refractivity contribution in [3.05, 3.63) is 29.3 Å². The van der Waals surface area contributed by atoms with Gasteiger partial charge < -0.3 is 14.7 Å². The van der Waals surface area contributed by atoms with E-state index in [0.717, 1.165) is 4.90 Å². The minimum Gasteiger partial charge on any atom is -0.494 e. The van der Waals surface area contributed by atoms with Crippen molar-refractivity contribution in [3.8, 4) is 5.75 Å². The highest BCUT2D eigenvalue weighted by molar-refractivity contribution is 7.91. The molecule has 1 aromatic rings. The van der Waals surface area contributed by atoms with Crippen molar-refractivity contribution in [1.29, 1.82) is 0 Å². The van der Waals surface area contributed by atoms with Crippen molar-refractivity contribution in [2.24, 2.45) is 5.92 Å². The van der Waals surface area contributed by atoms with Gasteiger partial charge in [0.1, 0.15) is 11.3 Å². The summed E-state index contributed by atoms with van der Waals surface area (Å²) in [4.78, 5) is 38.6. The van der Waals surface area contributed by atoms with Gasteiger partial charge in [0.2, 0.25) is 0 Å². The maximum atomic E-state index is 12.4. The number of ether oxygens (including phenoxy) is 1. The van der Waals surface area contributed by atoms with E-state index in [1.54, 1.807) is 38.1 Å². The van der Waals surface area contributed by atoms with E-state index in [4.69, 9.17) is 16.3 Å². The molecule has 11 heteroatoms. The summed E-state index contributed by atoms with van der Waals surface area (Å²) in [6, 6.07) is 6.22. The average Bonchev–Trinajstić information content (AvgIpc) is 2.86. The van der Waals surface area contributed by atoms with Gasteiger partial charge in [0.05, 0.1) is 24.0 Å². The predicted molar refractivity (Wildman–Crippen MR) is 120 cm³/mol. The van der Waals surface area contributed by atoms with Crippen molar-refractivity contribution >= 4 is 39.3 Å². The number of carbonyl (C=O) groups is 3. The molecule has 1 aliphatic rings. The lowest BCUT2D eigenvalue weighted by atomic mass is 10.0. The first-order chi connectivity index (χ1) is 14.8. The highest BCUT2D eigenvalue weighted by atomic mass is 35.5. The van der Waals surface area contributed by atoms with Gasteiger partial charge >= 0.3 is 12.0 Å². The van der Waals surface area contributed by atoms with Gasteiger partial charge in [-0.05, 0) is 57.4 Å². The standard InChI is InChI=1S/C21H29ClN2O7S/c1-21(2)19(27)24(20(28)23(21)3)11-4-6-15(18(25)26)14-32(29,30)13-5-12-31-17-9-7-16(22)8-10-17/h7-10,15H,4-6,11-14H2,1-3H3,(H,25,26). The van der Waals surface area contributed by atoms with E-state index >= 15 is 0 Å². The van der Waals surface area contributed by atoms with Crippen LogP contribution in [0.1, 0.15) is 33.1 Å². The van der Waals surface area contributed by atoms with Crippen LogP contribution in [0.25, 0.3) is 0 Å². The van der Waals surface area contributed by atoms with Gasteiger partial charge in [0, 0.05) is 18.6 Å². The second-order valence-electron chi connectivity index (χ2n) is 8.31. The number of nitrogens with zero attached hydrogens (tertiary/aromatic N) is 2. The summed E-state index contributed by atoms with van der Waals surface area (Å²) >= 11 is 5.79. The maximum Gasteiger partial charge on any atom is 0.327 e. The normalized spacial score (nSPS) is 17.0. The molecule has 0 aliphatic carbocycles. The molecule has 1 saturated heterocycles. The van der Waals surface area contributed by atoms with Crippen molar-refractivity contribution in [2.75, 3.05) is 31.7 Å². The number of halogens is 1. The summed E-state index contributed by atoms with van der Waals surface area (Å²) in [5.41, 5.74) is -0.958. The minimum absolute atomic E-state index is 0.0387. The fraction of sp³-hybridized carbons (Fsp3) is 0.571. The predicted octanol–water partition coefficient (Wildman–Crippen LogP) is 2.68. The first kappa shape index (κ1) is 25.9. The number of carboxylic acids is 1. The summed E-state index contributed by atoms with van der Waals surface area (Å²) in [5, 5.41) is 10.0. The zero-order valence-corrected chi connectivity index (χ0v) is 20.0. The van der Waals surface area contributed by atoms with Gasteiger partial charge in [-0.15, -0.1) is 0 Å². The third-order valence-electron chi connectivity index (χ3n) is 5.55. The molecule has 3 amide bonds. The second-order valence-corrected chi connectivity index (χ2v) is 11.0. The largest absolute Gasteiger partial charge is 0.494 e. The molecule has 1 unspecified atom stereocenters. The Bertz CT molecular complexity index is 947. The molecule has 1 aromatic carbocycles. The van der Waals surface area contributed by atoms with Crippen LogP contribution in [0.5, 0.6) is 5.75 Å². The maximum absolute atomic E-state index is 12.4. The van der Waals surface area contributed by atoms with E-state index in [2.05, 4.69) is 0 Å². The molecule has 0 radical (unpaired) electrons. The van der Waals surface area contributed by atoms with E-state index in [-0.39, 0.29) is 44.1 Å². The van der Waals surface area contributed by atoms with E-state index in [0.29, 0.717) is 10.8 Å². The number of likely N-dealkylation sites (N-methyl/N-ethyl adjacent to an activating group) is 1. The van der Waals surface area contributed by atoms with Crippen molar-refractivity contribution < 1.29 is 32.6 Å². The summed E-state index contributed by atoms with van der Waals surface area (Å²) in [6.45, 7) is 3.48.